The zero-order valence-electron chi connectivity index (χ0n) is 11.3. The Balaban J connectivity index is 1.83. The average molecular weight is 283 g/mol. The van der Waals surface area contributed by atoms with Gasteiger partial charge in [0.1, 0.15) is 5.75 Å². The van der Waals surface area contributed by atoms with Gasteiger partial charge in [0.2, 0.25) is 0 Å². The van der Waals surface area contributed by atoms with Gasteiger partial charge in [-0.2, -0.15) is 0 Å². The Morgan fingerprint density at radius 2 is 1.76 bits per heavy atom. The minimum atomic E-state index is -0.294. The van der Waals surface area contributed by atoms with E-state index in [0.717, 1.165) is 5.75 Å². The number of fused-ring (bicyclic) bond motifs is 1. The maximum atomic E-state index is 12.2. The number of imidazole rings is 1. The molecule has 0 aliphatic heterocycles. The normalized spacial score (nSPS) is 10.5. The van der Waals surface area contributed by atoms with E-state index >= 15 is 0 Å². The van der Waals surface area contributed by atoms with Crippen LogP contribution in [0.25, 0.3) is 11.0 Å². The van der Waals surface area contributed by atoms with E-state index in [1.807, 2.05) is 0 Å². The monoisotopic (exact) mass is 283 g/mol. The quantitative estimate of drug-likeness (QED) is 0.688. The topological polar surface area (TPSA) is 87.0 Å². The highest BCUT2D eigenvalue weighted by atomic mass is 16.5. The van der Waals surface area contributed by atoms with Crippen LogP contribution in [-0.4, -0.2) is 23.0 Å². The van der Waals surface area contributed by atoms with Gasteiger partial charge in [-0.3, -0.25) is 4.79 Å². The van der Waals surface area contributed by atoms with Gasteiger partial charge in [-0.25, -0.2) is 4.79 Å². The second-order valence-electron chi connectivity index (χ2n) is 4.52. The van der Waals surface area contributed by atoms with Gasteiger partial charge in [0.15, 0.2) is 0 Å². The van der Waals surface area contributed by atoms with Crippen molar-refractivity contribution in [1.82, 2.24) is 9.97 Å². The second-order valence-corrected chi connectivity index (χ2v) is 4.52. The molecule has 0 bridgehead atoms. The third-order valence-corrected chi connectivity index (χ3v) is 3.13. The van der Waals surface area contributed by atoms with Crippen molar-refractivity contribution < 1.29 is 9.53 Å². The maximum Gasteiger partial charge on any atom is 0.323 e. The van der Waals surface area contributed by atoms with Gasteiger partial charge in [0.25, 0.3) is 5.91 Å². The van der Waals surface area contributed by atoms with Gasteiger partial charge in [-0.15, -0.1) is 0 Å². The van der Waals surface area contributed by atoms with Gasteiger partial charge in [-0.1, -0.05) is 0 Å². The van der Waals surface area contributed by atoms with E-state index < -0.39 is 0 Å². The Morgan fingerprint density at radius 1 is 1.05 bits per heavy atom. The molecular weight excluding hydrogens is 270 g/mol. The van der Waals surface area contributed by atoms with Crippen molar-refractivity contribution in [3.8, 4) is 5.75 Å². The summed E-state index contributed by atoms with van der Waals surface area (Å²) in [6.45, 7) is 0. The predicted molar refractivity (Wildman–Crippen MR) is 79.9 cm³/mol. The first-order valence-electron chi connectivity index (χ1n) is 6.33. The highest BCUT2D eigenvalue weighted by molar-refractivity contribution is 6.05. The second kappa shape index (κ2) is 5.16. The Morgan fingerprint density at radius 3 is 2.48 bits per heavy atom. The SMILES string of the molecule is COc1ccc(NC(=O)c2ccc3[nH]c(=O)[nH]c3c2)cc1. The fourth-order valence-corrected chi connectivity index (χ4v) is 2.05. The summed E-state index contributed by atoms with van der Waals surface area (Å²) in [5, 5.41) is 2.78. The van der Waals surface area contributed by atoms with Crippen LogP contribution in [0.2, 0.25) is 0 Å². The number of carbonyl (C=O) groups is 1. The predicted octanol–water partition coefficient (Wildman–Crippen LogP) is 2.12. The van der Waals surface area contributed by atoms with Crippen LogP contribution in [0.3, 0.4) is 0 Å². The molecule has 3 N–H and O–H groups in total. The van der Waals surface area contributed by atoms with E-state index in [1.165, 1.54) is 0 Å². The van der Waals surface area contributed by atoms with Gasteiger partial charge < -0.3 is 20.0 Å². The lowest BCUT2D eigenvalue weighted by molar-refractivity contribution is 0.102. The van der Waals surface area contributed by atoms with Crippen molar-refractivity contribution in [2.24, 2.45) is 0 Å². The third-order valence-electron chi connectivity index (χ3n) is 3.13. The van der Waals surface area contributed by atoms with Crippen molar-refractivity contribution in [2.75, 3.05) is 12.4 Å². The molecule has 3 aromatic rings. The van der Waals surface area contributed by atoms with E-state index in [1.54, 1.807) is 49.6 Å². The molecule has 21 heavy (non-hydrogen) atoms. The molecular formula is C15H13N3O3. The first-order valence-corrected chi connectivity index (χ1v) is 6.33. The van der Waals surface area contributed by atoms with E-state index in [-0.39, 0.29) is 11.6 Å². The molecule has 0 aliphatic rings. The van der Waals surface area contributed by atoms with Crippen LogP contribution in [0.5, 0.6) is 5.75 Å². The van der Waals surface area contributed by atoms with Crippen LogP contribution >= 0.6 is 0 Å². The summed E-state index contributed by atoms with van der Waals surface area (Å²) >= 11 is 0. The lowest BCUT2D eigenvalue weighted by Crippen LogP contribution is -2.11. The molecule has 0 radical (unpaired) electrons. The van der Waals surface area contributed by atoms with E-state index in [2.05, 4.69) is 15.3 Å². The van der Waals surface area contributed by atoms with Gasteiger partial charge in [0, 0.05) is 11.3 Å². The molecule has 1 heterocycles. The molecule has 0 fully saturated rings. The zero-order chi connectivity index (χ0) is 14.8. The van der Waals surface area contributed by atoms with Crippen LogP contribution in [0.1, 0.15) is 10.4 Å². The molecule has 3 rings (SSSR count). The minimum absolute atomic E-state index is 0.246. The van der Waals surface area contributed by atoms with E-state index in [4.69, 9.17) is 4.74 Å². The molecule has 106 valence electrons. The van der Waals surface area contributed by atoms with Crippen molar-refractivity contribution >= 4 is 22.6 Å². The van der Waals surface area contributed by atoms with Crippen LogP contribution in [0.4, 0.5) is 5.69 Å². The molecule has 1 amide bonds. The number of aromatic nitrogens is 2. The summed E-state index contributed by atoms with van der Waals surface area (Å²) in [6, 6.07) is 12.0. The summed E-state index contributed by atoms with van der Waals surface area (Å²) in [5.74, 6) is 0.475. The summed E-state index contributed by atoms with van der Waals surface area (Å²) in [6.07, 6.45) is 0. The molecule has 0 aliphatic carbocycles. The number of methoxy groups -OCH3 is 1. The van der Waals surface area contributed by atoms with E-state index in [0.29, 0.717) is 22.3 Å². The summed E-state index contributed by atoms with van der Waals surface area (Å²) in [7, 11) is 1.58. The van der Waals surface area contributed by atoms with Crippen molar-refractivity contribution in [2.45, 2.75) is 0 Å². The van der Waals surface area contributed by atoms with Gasteiger partial charge in [-0.05, 0) is 42.5 Å². The summed E-state index contributed by atoms with van der Waals surface area (Å²) < 4.78 is 5.06. The number of H-pyrrole nitrogens is 2. The van der Waals surface area contributed by atoms with Crippen LogP contribution in [0, 0.1) is 0 Å². The molecule has 0 atom stereocenters. The number of amides is 1. The number of carbonyl (C=O) groups excluding carboxylic acids is 1. The Hall–Kier alpha value is -3.02. The Labute approximate surface area is 119 Å². The molecule has 0 saturated heterocycles. The highest BCUT2D eigenvalue weighted by Crippen LogP contribution is 2.17. The number of benzene rings is 2. The highest BCUT2D eigenvalue weighted by Gasteiger charge is 2.08. The van der Waals surface area contributed by atoms with Crippen molar-refractivity contribution in [3.63, 3.8) is 0 Å². The summed E-state index contributed by atoms with van der Waals surface area (Å²) in [5.41, 5.74) is 2.11. The number of hydrogen-bond acceptors (Lipinski definition) is 3. The number of hydrogen-bond donors (Lipinski definition) is 3. The van der Waals surface area contributed by atoms with Crippen LogP contribution < -0.4 is 15.7 Å². The van der Waals surface area contributed by atoms with Crippen molar-refractivity contribution in [1.29, 1.82) is 0 Å². The third kappa shape index (κ3) is 2.64. The number of nitrogens with one attached hydrogen (secondary N) is 3. The average Bonchev–Trinajstić information content (AvgIpc) is 2.87. The molecule has 6 nitrogen and oxygen atoms in total. The summed E-state index contributed by atoms with van der Waals surface area (Å²) in [4.78, 5) is 28.6. The zero-order valence-corrected chi connectivity index (χ0v) is 11.3. The molecule has 6 heteroatoms. The maximum absolute atomic E-state index is 12.2. The smallest absolute Gasteiger partial charge is 0.323 e. The molecule has 0 saturated carbocycles. The first kappa shape index (κ1) is 13.0. The standard InChI is InChI=1S/C15H13N3O3/c1-21-11-5-3-10(4-6-11)16-14(19)9-2-7-12-13(8-9)18-15(20)17-12/h2-8H,1H3,(H,16,19)(H2,17,18,20). The van der Waals surface area contributed by atoms with E-state index in [9.17, 15) is 9.59 Å². The largest absolute Gasteiger partial charge is 0.497 e. The first-order chi connectivity index (χ1) is 10.2. The lowest BCUT2D eigenvalue weighted by Gasteiger charge is -2.06. The number of anilines is 1. The van der Waals surface area contributed by atoms with Crippen LogP contribution in [-0.2, 0) is 0 Å². The van der Waals surface area contributed by atoms with Crippen molar-refractivity contribution in [3.05, 3.63) is 58.5 Å². The lowest BCUT2D eigenvalue weighted by atomic mass is 10.2. The molecule has 0 unspecified atom stereocenters. The molecule has 1 aromatic heterocycles. The number of aromatic amines is 2. The number of ether oxygens (including phenoxy) is 1. The van der Waals surface area contributed by atoms with Gasteiger partial charge >= 0.3 is 5.69 Å². The Bertz CT molecular complexity index is 846. The molecule has 0 spiro atoms. The molecule has 2 aromatic carbocycles. The minimum Gasteiger partial charge on any atom is -0.497 e. The Kier molecular flexibility index (Phi) is 3.19. The fourth-order valence-electron chi connectivity index (χ4n) is 2.05. The van der Waals surface area contributed by atoms with Gasteiger partial charge in [0.05, 0.1) is 18.1 Å². The fraction of sp³-hybridized carbons (Fsp3) is 0.0667. The number of rotatable bonds is 3. The van der Waals surface area contributed by atoms with Crippen LogP contribution in [0.15, 0.2) is 47.3 Å².